The van der Waals surface area contributed by atoms with Crippen molar-refractivity contribution in [3.8, 4) is 5.75 Å². The van der Waals surface area contributed by atoms with Crippen LogP contribution in [0.25, 0.3) is 0 Å². The molecule has 0 aliphatic carbocycles. The smallest absolute Gasteiger partial charge is 0.188 e. The monoisotopic (exact) mass is 181 g/mol. The molecule has 0 aromatic heterocycles. The van der Waals surface area contributed by atoms with Gasteiger partial charge in [-0.2, -0.15) is 0 Å². The average Bonchev–Trinajstić information content (AvgIpc) is 2.15. The molecule has 1 aromatic rings. The van der Waals surface area contributed by atoms with Gasteiger partial charge in [-0.25, -0.2) is 0 Å². The van der Waals surface area contributed by atoms with E-state index in [0.29, 0.717) is 0 Å². The molecule has 0 aliphatic rings. The van der Waals surface area contributed by atoms with E-state index in [1.165, 1.54) is 0 Å². The normalized spacial score (nSPS) is 9.77. The topological polar surface area (TPSA) is 21.7 Å². The summed E-state index contributed by atoms with van der Waals surface area (Å²) in [6, 6.07) is 7.87. The highest BCUT2D eigenvalue weighted by atomic mass is 16.7. The van der Waals surface area contributed by atoms with Gasteiger partial charge in [-0.3, -0.25) is 0 Å². The van der Waals surface area contributed by atoms with E-state index in [1.807, 2.05) is 43.3 Å². The second-order valence-corrected chi connectivity index (χ2v) is 2.94. The van der Waals surface area contributed by atoms with Crippen molar-refractivity contribution in [1.82, 2.24) is 0 Å². The van der Waals surface area contributed by atoms with E-state index < -0.39 is 0 Å². The van der Waals surface area contributed by atoms with E-state index in [4.69, 9.17) is 9.47 Å². The summed E-state index contributed by atoms with van der Waals surface area (Å²) in [7, 11) is 5.60. The quantitative estimate of drug-likeness (QED) is 0.660. The molecule has 72 valence electrons. The SMILES string of the molecule is COCOc1cccc(N(C)C)c1. The molecule has 0 saturated heterocycles. The summed E-state index contributed by atoms with van der Waals surface area (Å²) < 4.78 is 10.1. The van der Waals surface area contributed by atoms with Gasteiger partial charge in [-0.05, 0) is 12.1 Å². The Bertz CT molecular complexity index is 261. The van der Waals surface area contributed by atoms with Crippen molar-refractivity contribution in [1.29, 1.82) is 0 Å². The van der Waals surface area contributed by atoms with Gasteiger partial charge < -0.3 is 14.4 Å². The standard InChI is InChI=1S/C10H15NO2/c1-11(2)9-5-4-6-10(7-9)13-8-12-3/h4-7H,8H2,1-3H3. The fraction of sp³-hybridized carbons (Fsp3) is 0.400. The molecule has 3 nitrogen and oxygen atoms in total. The molecule has 0 bridgehead atoms. The molecule has 0 amide bonds. The van der Waals surface area contributed by atoms with Crippen LogP contribution >= 0.6 is 0 Å². The van der Waals surface area contributed by atoms with Gasteiger partial charge >= 0.3 is 0 Å². The molecule has 0 heterocycles. The molecule has 1 rings (SSSR count). The largest absolute Gasteiger partial charge is 0.467 e. The van der Waals surface area contributed by atoms with Crippen molar-refractivity contribution in [2.75, 3.05) is 32.9 Å². The van der Waals surface area contributed by atoms with Gasteiger partial charge in [0.1, 0.15) is 5.75 Å². The number of rotatable bonds is 4. The van der Waals surface area contributed by atoms with Crippen molar-refractivity contribution in [2.24, 2.45) is 0 Å². The zero-order chi connectivity index (χ0) is 9.68. The predicted octanol–water partition coefficient (Wildman–Crippen LogP) is 1.74. The zero-order valence-corrected chi connectivity index (χ0v) is 8.28. The summed E-state index contributed by atoms with van der Waals surface area (Å²) in [5.41, 5.74) is 1.12. The van der Waals surface area contributed by atoms with Crippen LogP contribution in [0.5, 0.6) is 5.75 Å². The van der Waals surface area contributed by atoms with Crippen molar-refractivity contribution in [3.63, 3.8) is 0 Å². The lowest BCUT2D eigenvalue weighted by atomic mass is 10.3. The predicted molar refractivity (Wildman–Crippen MR) is 53.3 cm³/mol. The van der Waals surface area contributed by atoms with E-state index in [0.717, 1.165) is 11.4 Å². The molecule has 0 aliphatic heterocycles. The van der Waals surface area contributed by atoms with Crippen LogP contribution in [0.15, 0.2) is 24.3 Å². The van der Waals surface area contributed by atoms with Gasteiger partial charge in [0.2, 0.25) is 0 Å². The minimum atomic E-state index is 0.289. The Kier molecular flexibility index (Phi) is 3.58. The van der Waals surface area contributed by atoms with Crippen LogP contribution in [-0.2, 0) is 4.74 Å². The Labute approximate surface area is 78.9 Å². The number of nitrogens with zero attached hydrogens (tertiary/aromatic N) is 1. The molecule has 0 radical (unpaired) electrons. The van der Waals surface area contributed by atoms with Gasteiger partial charge in [0, 0.05) is 33.0 Å². The number of methoxy groups -OCH3 is 1. The third-order valence-corrected chi connectivity index (χ3v) is 1.68. The van der Waals surface area contributed by atoms with E-state index in [-0.39, 0.29) is 6.79 Å². The highest BCUT2D eigenvalue weighted by molar-refractivity contribution is 5.49. The van der Waals surface area contributed by atoms with Crippen LogP contribution in [0, 0.1) is 0 Å². The average molecular weight is 181 g/mol. The summed E-state index contributed by atoms with van der Waals surface area (Å²) in [6.07, 6.45) is 0. The lowest BCUT2D eigenvalue weighted by Gasteiger charge is -2.13. The molecule has 0 saturated carbocycles. The van der Waals surface area contributed by atoms with Crippen molar-refractivity contribution >= 4 is 5.69 Å². The zero-order valence-electron chi connectivity index (χ0n) is 8.28. The Morgan fingerprint density at radius 2 is 2.08 bits per heavy atom. The molecule has 13 heavy (non-hydrogen) atoms. The third kappa shape index (κ3) is 2.95. The minimum Gasteiger partial charge on any atom is -0.467 e. The van der Waals surface area contributed by atoms with Crippen molar-refractivity contribution in [2.45, 2.75) is 0 Å². The van der Waals surface area contributed by atoms with Gasteiger partial charge in [0.05, 0.1) is 0 Å². The molecular weight excluding hydrogens is 166 g/mol. The molecule has 0 atom stereocenters. The van der Waals surface area contributed by atoms with Crippen LogP contribution in [0.2, 0.25) is 0 Å². The Morgan fingerprint density at radius 3 is 2.69 bits per heavy atom. The maximum Gasteiger partial charge on any atom is 0.188 e. The first-order valence-corrected chi connectivity index (χ1v) is 4.13. The Balaban J connectivity index is 2.68. The lowest BCUT2D eigenvalue weighted by molar-refractivity contribution is 0.0511. The van der Waals surface area contributed by atoms with Gasteiger partial charge in [-0.1, -0.05) is 6.07 Å². The number of anilines is 1. The minimum absolute atomic E-state index is 0.289. The number of hydrogen-bond acceptors (Lipinski definition) is 3. The first-order chi connectivity index (χ1) is 6.24. The molecule has 0 N–H and O–H groups in total. The second-order valence-electron chi connectivity index (χ2n) is 2.94. The first kappa shape index (κ1) is 9.86. The summed E-state index contributed by atoms with van der Waals surface area (Å²) >= 11 is 0. The van der Waals surface area contributed by atoms with Gasteiger partial charge in [-0.15, -0.1) is 0 Å². The maximum atomic E-state index is 5.30. The van der Waals surface area contributed by atoms with E-state index in [2.05, 4.69) is 0 Å². The number of benzene rings is 1. The van der Waals surface area contributed by atoms with E-state index in [9.17, 15) is 0 Å². The van der Waals surface area contributed by atoms with E-state index >= 15 is 0 Å². The van der Waals surface area contributed by atoms with Crippen LogP contribution in [-0.4, -0.2) is 28.0 Å². The fourth-order valence-electron chi connectivity index (χ4n) is 0.978. The van der Waals surface area contributed by atoms with E-state index in [1.54, 1.807) is 7.11 Å². The van der Waals surface area contributed by atoms with Crippen LogP contribution in [0.4, 0.5) is 5.69 Å². The Hall–Kier alpha value is -1.22. The van der Waals surface area contributed by atoms with Crippen LogP contribution in [0.1, 0.15) is 0 Å². The van der Waals surface area contributed by atoms with Crippen LogP contribution in [0.3, 0.4) is 0 Å². The molecule has 3 heteroatoms. The number of hydrogen-bond donors (Lipinski definition) is 0. The lowest BCUT2D eigenvalue weighted by Crippen LogP contribution is -2.08. The molecule has 0 spiro atoms. The van der Waals surface area contributed by atoms with Gasteiger partial charge in [0.25, 0.3) is 0 Å². The van der Waals surface area contributed by atoms with Gasteiger partial charge in [0.15, 0.2) is 6.79 Å². The summed E-state index contributed by atoms with van der Waals surface area (Å²) in [5.74, 6) is 0.827. The molecule has 0 unspecified atom stereocenters. The number of ether oxygens (including phenoxy) is 2. The summed E-state index contributed by atoms with van der Waals surface area (Å²) in [4.78, 5) is 2.03. The first-order valence-electron chi connectivity index (χ1n) is 4.13. The Morgan fingerprint density at radius 1 is 1.31 bits per heavy atom. The van der Waals surface area contributed by atoms with Crippen molar-refractivity contribution < 1.29 is 9.47 Å². The van der Waals surface area contributed by atoms with Crippen molar-refractivity contribution in [3.05, 3.63) is 24.3 Å². The fourth-order valence-corrected chi connectivity index (χ4v) is 0.978. The molecule has 1 aromatic carbocycles. The highest BCUT2D eigenvalue weighted by Crippen LogP contribution is 2.18. The maximum absolute atomic E-state index is 5.30. The second kappa shape index (κ2) is 4.72. The summed E-state index contributed by atoms with van der Waals surface area (Å²) in [6.45, 7) is 0.289. The third-order valence-electron chi connectivity index (χ3n) is 1.68. The van der Waals surface area contributed by atoms with Crippen LogP contribution < -0.4 is 9.64 Å². The highest BCUT2D eigenvalue weighted by Gasteiger charge is 1.97. The molecule has 0 fully saturated rings. The summed E-state index contributed by atoms with van der Waals surface area (Å²) in [5, 5.41) is 0. The molecular formula is C10H15NO2.